The minimum absolute atomic E-state index is 0.618. The number of nitrogens with zero attached hydrogens (tertiary/aromatic N) is 4. The van der Waals surface area contributed by atoms with E-state index in [0.29, 0.717) is 22.5 Å². The summed E-state index contributed by atoms with van der Waals surface area (Å²) >= 11 is 7.13. The van der Waals surface area contributed by atoms with Crippen LogP contribution in [-0.2, 0) is 0 Å². The number of hydrogen-bond donors (Lipinski definition) is 0. The van der Waals surface area contributed by atoms with Crippen molar-refractivity contribution in [1.82, 2.24) is 0 Å². The van der Waals surface area contributed by atoms with Gasteiger partial charge in [0.05, 0.1) is 36.4 Å². The third-order valence-corrected chi connectivity index (χ3v) is 9.21. The van der Waals surface area contributed by atoms with E-state index >= 15 is 0 Å². The summed E-state index contributed by atoms with van der Waals surface area (Å²) in [4.78, 5) is 7.25. The highest BCUT2D eigenvalue weighted by Gasteiger charge is 2.17. The maximum Gasteiger partial charge on any atom is 0.196 e. The lowest BCUT2D eigenvalue weighted by Gasteiger charge is -2.15. The van der Waals surface area contributed by atoms with Crippen molar-refractivity contribution in [3.05, 3.63) is 128 Å². The van der Waals surface area contributed by atoms with Crippen LogP contribution in [0.25, 0.3) is 74.3 Å². The normalized spacial score (nSPS) is 11.0. The van der Waals surface area contributed by atoms with Crippen molar-refractivity contribution in [2.45, 2.75) is 0 Å². The van der Waals surface area contributed by atoms with Crippen LogP contribution in [0.2, 0.25) is 0 Å². The molecule has 6 heteroatoms. The van der Waals surface area contributed by atoms with E-state index in [2.05, 4.69) is 53.7 Å². The standard InChI is InChI=1S/C18H6Br2N2.C18H8N2/c1-22-16-7-15(20)12-3-2-10-9(8-21)6-14(19)11-4-5-13(16)18(12)17(10)11;1-20-16-9-6-12-4-7-14-13(10-19)3-2-11-5-8-15(16)18(12)17(11)14/h2-7H;2-9H. The molecule has 0 atom stereocenters. The zero-order valence-corrected chi connectivity index (χ0v) is 24.8. The first-order valence-electron chi connectivity index (χ1n) is 12.8. The minimum Gasteiger partial charge on any atom is -0.238 e. The first-order valence-corrected chi connectivity index (χ1v) is 14.4. The van der Waals surface area contributed by atoms with Crippen LogP contribution in [0.5, 0.6) is 0 Å². The van der Waals surface area contributed by atoms with E-state index in [-0.39, 0.29) is 0 Å². The molecule has 42 heavy (non-hydrogen) atoms. The predicted octanol–water partition coefficient (Wildman–Crippen LogP) is 11.5. The van der Waals surface area contributed by atoms with Gasteiger partial charge in [-0.2, -0.15) is 10.5 Å². The first-order chi connectivity index (χ1) is 20.5. The fourth-order valence-corrected chi connectivity index (χ4v) is 7.16. The summed E-state index contributed by atoms with van der Waals surface area (Å²) in [5.74, 6) is 0. The van der Waals surface area contributed by atoms with Crippen molar-refractivity contribution in [2.24, 2.45) is 0 Å². The fourth-order valence-electron chi connectivity index (χ4n) is 6.05. The Morgan fingerprint density at radius 2 is 0.929 bits per heavy atom. The first kappa shape index (κ1) is 25.7. The zero-order valence-electron chi connectivity index (χ0n) is 21.6. The second kappa shape index (κ2) is 9.69. The Kier molecular flexibility index (Phi) is 5.93. The van der Waals surface area contributed by atoms with Crippen molar-refractivity contribution in [3.63, 3.8) is 0 Å². The Bertz CT molecular complexity index is 2410. The van der Waals surface area contributed by atoms with E-state index < -0.39 is 0 Å². The second-order valence-corrected chi connectivity index (χ2v) is 11.6. The highest BCUT2D eigenvalue weighted by Crippen LogP contribution is 2.45. The molecule has 0 aliphatic rings. The average molecular weight is 662 g/mol. The van der Waals surface area contributed by atoms with Crippen molar-refractivity contribution >= 4 is 108 Å². The van der Waals surface area contributed by atoms with E-state index in [1.54, 1.807) is 0 Å². The summed E-state index contributed by atoms with van der Waals surface area (Å²) in [6.07, 6.45) is 0. The molecule has 0 spiro atoms. The molecule has 0 amide bonds. The summed E-state index contributed by atoms with van der Waals surface area (Å²) < 4.78 is 1.80. The van der Waals surface area contributed by atoms with Gasteiger partial charge in [0, 0.05) is 19.7 Å². The van der Waals surface area contributed by atoms with Crippen LogP contribution < -0.4 is 0 Å². The largest absolute Gasteiger partial charge is 0.238 e. The van der Waals surface area contributed by atoms with Gasteiger partial charge in [-0.15, -0.1) is 0 Å². The lowest BCUT2D eigenvalue weighted by molar-refractivity contribution is 1.50. The van der Waals surface area contributed by atoms with Gasteiger partial charge in [0.1, 0.15) is 0 Å². The van der Waals surface area contributed by atoms with Gasteiger partial charge in [0.25, 0.3) is 0 Å². The molecule has 0 fully saturated rings. The van der Waals surface area contributed by atoms with E-state index in [9.17, 15) is 10.5 Å². The smallest absolute Gasteiger partial charge is 0.196 e. The molecule has 0 aromatic heterocycles. The Balaban J connectivity index is 0.000000138. The number of halogens is 2. The highest BCUT2D eigenvalue weighted by molar-refractivity contribution is 9.11. The number of hydrogen-bond acceptors (Lipinski definition) is 2. The van der Waals surface area contributed by atoms with Crippen LogP contribution in [0.1, 0.15) is 11.1 Å². The maximum absolute atomic E-state index is 9.42. The molecular formula is C36H14Br2N4. The van der Waals surface area contributed by atoms with Crippen molar-refractivity contribution in [3.8, 4) is 12.1 Å². The Labute approximate surface area is 257 Å². The third-order valence-electron chi connectivity index (χ3n) is 7.90. The van der Waals surface area contributed by atoms with Crippen LogP contribution in [0.4, 0.5) is 11.4 Å². The van der Waals surface area contributed by atoms with E-state index in [1.807, 2.05) is 84.9 Å². The summed E-state index contributed by atoms with van der Waals surface area (Å²) in [5.41, 5.74) is 2.60. The summed E-state index contributed by atoms with van der Waals surface area (Å²) in [5, 5.41) is 31.0. The number of benzene rings is 8. The van der Waals surface area contributed by atoms with Gasteiger partial charge in [-0.25, -0.2) is 9.69 Å². The maximum atomic E-state index is 9.42. The molecule has 8 rings (SSSR count). The third kappa shape index (κ3) is 3.61. The molecule has 192 valence electrons. The monoisotopic (exact) mass is 660 g/mol. The second-order valence-electron chi connectivity index (χ2n) is 9.92. The van der Waals surface area contributed by atoms with Crippen LogP contribution in [0.3, 0.4) is 0 Å². The molecule has 0 unspecified atom stereocenters. The SMILES string of the molecule is [C-]#[N+]c1cc(Br)c2ccc3c(C#N)cc(Br)c4ccc1c2c43.[C-]#[N+]c1ccc2ccc3c(C#N)ccc4ccc1c2c43. The zero-order chi connectivity index (χ0) is 29.1. The summed E-state index contributed by atoms with van der Waals surface area (Å²) in [6.45, 7) is 14.7. The van der Waals surface area contributed by atoms with Crippen molar-refractivity contribution < 1.29 is 0 Å². The van der Waals surface area contributed by atoms with Crippen molar-refractivity contribution in [2.75, 3.05) is 0 Å². The van der Waals surface area contributed by atoms with Crippen LogP contribution >= 0.6 is 31.9 Å². The Morgan fingerprint density at radius 1 is 0.476 bits per heavy atom. The lowest BCUT2D eigenvalue weighted by Crippen LogP contribution is -1.89. The molecule has 4 nitrogen and oxygen atoms in total. The van der Waals surface area contributed by atoms with E-state index in [4.69, 9.17) is 13.1 Å². The lowest BCUT2D eigenvalue weighted by atomic mass is 9.91. The van der Waals surface area contributed by atoms with Gasteiger partial charge in [-0.1, -0.05) is 98.6 Å². The topological polar surface area (TPSA) is 56.3 Å². The van der Waals surface area contributed by atoms with Crippen LogP contribution in [0, 0.1) is 35.8 Å². The van der Waals surface area contributed by atoms with Gasteiger partial charge in [0.2, 0.25) is 0 Å². The van der Waals surface area contributed by atoms with Gasteiger partial charge in [-0.3, -0.25) is 0 Å². The van der Waals surface area contributed by atoms with E-state index in [0.717, 1.165) is 73.6 Å². The predicted molar refractivity (Wildman–Crippen MR) is 178 cm³/mol. The molecule has 0 heterocycles. The molecule has 0 aliphatic carbocycles. The molecule has 0 bridgehead atoms. The van der Waals surface area contributed by atoms with Crippen LogP contribution in [0.15, 0.2) is 93.9 Å². The molecular weight excluding hydrogens is 648 g/mol. The highest BCUT2D eigenvalue weighted by atomic mass is 79.9. The summed E-state index contributed by atoms with van der Waals surface area (Å²) in [6, 6.07) is 31.9. The average Bonchev–Trinajstić information content (AvgIpc) is 3.03. The quantitative estimate of drug-likeness (QED) is 0.120. The minimum atomic E-state index is 0.618. The van der Waals surface area contributed by atoms with Crippen molar-refractivity contribution in [1.29, 1.82) is 10.5 Å². The molecule has 0 aliphatic heterocycles. The summed E-state index contributed by atoms with van der Waals surface area (Å²) in [7, 11) is 0. The number of rotatable bonds is 0. The molecule has 0 N–H and O–H groups in total. The molecule has 8 aromatic rings. The number of nitriles is 2. The van der Waals surface area contributed by atoms with Gasteiger partial charge in [0.15, 0.2) is 11.4 Å². The van der Waals surface area contributed by atoms with E-state index in [1.165, 1.54) is 0 Å². The molecule has 0 saturated carbocycles. The van der Waals surface area contributed by atoms with Crippen LogP contribution in [-0.4, -0.2) is 0 Å². The van der Waals surface area contributed by atoms with Gasteiger partial charge >= 0.3 is 0 Å². The Morgan fingerprint density at radius 3 is 1.60 bits per heavy atom. The Hall–Kier alpha value is -5.24. The molecule has 8 aromatic carbocycles. The van der Waals surface area contributed by atoms with Gasteiger partial charge < -0.3 is 0 Å². The van der Waals surface area contributed by atoms with Gasteiger partial charge in [-0.05, 0) is 72.1 Å². The molecule has 0 radical (unpaired) electrons. The fraction of sp³-hybridized carbons (Fsp3) is 0. The molecule has 0 saturated heterocycles.